The zero-order valence-electron chi connectivity index (χ0n) is 13.2. The number of carbonyl (C=O) groups excluding carboxylic acids is 1. The zero-order chi connectivity index (χ0) is 15.4. The van der Waals surface area contributed by atoms with Gasteiger partial charge >= 0.3 is 5.97 Å². The minimum Gasteiger partial charge on any atom is -0.461 e. The summed E-state index contributed by atoms with van der Waals surface area (Å²) in [4.78, 5) is 12.1. The van der Waals surface area contributed by atoms with Gasteiger partial charge in [-0.15, -0.1) is 0 Å². The van der Waals surface area contributed by atoms with E-state index in [2.05, 4.69) is 22.2 Å². The molecule has 3 rings (SSSR count). The van der Waals surface area contributed by atoms with Gasteiger partial charge in [0, 0.05) is 6.42 Å². The van der Waals surface area contributed by atoms with Crippen molar-refractivity contribution in [3.05, 3.63) is 30.3 Å². The maximum absolute atomic E-state index is 12.1. The minimum absolute atomic E-state index is 0.262. The lowest BCUT2D eigenvalue weighted by Crippen LogP contribution is -2.35. The van der Waals surface area contributed by atoms with Crippen molar-refractivity contribution in [1.29, 1.82) is 0 Å². The molecule has 0 bridgehead atoms. The van der Waals surface area contributed by atoms with Crippen LogP contribution in [0.5, 0.6) is 0 Å². The van der Waals surface area contributed by atoms with Crippen LogP contribution in [0.2, 0.25) is 0 Å². The summed E-state index contributed by atoms with van der Waals surface area (Å²) in [6.45, 7) is 2.23. The Morgan fingerprint density at radius 3 is 2.64 bits per heavy atom. The lowest BCUT2D eigenvalue weighted by Gasteiger charge is -2.33. The smallest absolute Gasteiger partial charge is 0.354 e. The SMILES string of the molecule is CCOC(=O)C1=NN(c2ccccc2)C(C2CCCCC2)C1. The van der Waals surface area contributed by atoms with Gasteiger partial charge in [-0.2, -0.15) is 5.10 Å². The van der Waals surface area contributed by atoms with Crippen LogP contribution in [-0.4, -0.2) is 24.3 Å². The number of benzene rings is 1. The minimum atomic E-state index is -0.262. The molecule has 1 aliphatic heterocycles. The van der Waals surface area contributed by atoms with Gasteiger partial charge in [-0.3, -0.25) is 5.01 Å². The highest BCUT2D eigenvalue weighted by atomic mass is 16.5. The van der Waals surface area contributed by atoms with E-state index in [9.17, 15) is 4.79 Å². The molecule has 1 aliphatic carbocycles. The van der Waals surface area contributed by atoms with E-state index < -0.39 is 0 Å². The molecule has 2 aliphatic rings. The van der Waals surface area contributed by atoms with Crippen LogP contribution in [0.25, 0.3) is 0 Å². The number of hydrazone groups is 1. The first-order valence-electron chi connectivity index (χ1n) is 8.38. The highest BCUT2D eigenvalue weighted by Gasteiger charge is 2.37. The molecule has 0 saturated heterocycles. The molecule has 0 aromatic heterocycles. The maximum Gasteiger partial charge on any atom is 0.354 e. The summed E-state index contributed by atoms with van der Waals surface area (Å²) in [7, 11) is 0. The van der Waals surface area contributed by atoms with E-state index in [1.54, 1.807) is 0 Å². The summed E-state index contributed by atoms with van der Waals surface area (Å²) in [5.74, 6) is 0.353. The van der Waals surface area contributed by atoms with E-state index in [-0.39, 0.29) is 5.97 Å². The van der Waals surface area contributed by atoms with Crippen molar-refractivity contribution in [1.82, 2.24) is 0 Å². The first-order chi connectivity index (χ1) is 10.8. The van der Waals surface area contributed by atoms with Crippen LogP contribution in [0.15, 0.2) is 35.4 Å². The van der Waals surface area contributed by atoms with E-state index in [0.29, 0.717) is 30.7 Å². The number of anilines is 1. The molecule has 1 unspecified atom stereocenters. The Balaban J connectivity index is 1.83. The fraction of sp³-hybridized carbons (Fsp3) is 0.556. The number of esters is 1. The molecule has 118 valence electrons. The van der Waals surface area contributed by atoms with Crippen molar-refractivity contribution in [2.24, 2.45) is 11.0 Å². The third-order valence-electron chi connectivity index (χ3n) is 4.67. The monoisotopic (exact) mass is 300 g/mol. The summed E-state index contributed by atoms with van der Waals surface area (Å²) in [5, 5.41) is 6.67. The number of nitrogens with zero attached hydrogens (tertiary/aromatic N) is 2. The standard InChI is InChI=1S/C18H24N2O2/c1-2-22-18(21)16-13-17(14-9-5-3-6-10-14)20(19-16)15-11-7-4-8-12-15/h4,7-8,11-12,14,17H,2-3,5-6,9-10,13H2,1H3. The van der Waals surface area contributed by atoms with E-state index in [1.807, 2.05) is 25.1 Å². The quantitative estimate of drug-likeness (QED) is 0.795. The van der Waals surface area contributed by atoms with Crippen molar-refractivity contribution in [2.75, 3.05) is 11.6 Å². The molecular weight excluding hydrogens is 276 g/mol. The Morgan fingerprint density at radius 1 is 1.23 bits per heavy atom. The van der Waals surface area contributed by atoms with Gasteiger partial charge in [-0.1, -0.05) is 37.5 Å². The van der Waals surface area contributed by atoms with Gasteiger partial charge in [0.2, 0.25) is 0 Å². The highest BCUT2D eigenvalue weighted by Crippen LogP contribution is 2.36. The molecule has 1 aromatic carbocycles. The van der Waals surface area contributed by atoms with Gasteiger partial charge in [0.15, 0.2) is 0 Å². The zero-order valence-corrected chi connectivity index (χ0v) is 13.2. The molecule has 4 nitrogen and oxygen atoms in total. The molecule has 0 spiro atoms. The second-order valence-electron chi connectivity index (χ2n) is 6.12. The molecule has 1 saturated carbocycles. The Bertz CT molecular complexity index is 535. The Hall–Kier alpha value is -1.84. The number of rotatable bonds is 4. The van der Waals surface area contributed by atoms with Crippen molar-refractivity contribution in [2.45, 2.75) is 51.5 Å². The van der Waals surface area contributed by atoms with Crippen molar-refractivity contribution in [3.8, 4) is 0 Å². The van der Waals surface area contributed by atoms with Gasteiger partial charge < -0.3 is 4.74 Å². The largest absolute Gasteiger partial charge is 0.461 e. The molecule has 1 atom stereocenters. The van der Waals surface area contributed by atoms with Crippen LogP contribution in [0.1, 0.15) is 45.4 Å². The lowest BCUT2D eigenvalue weighted by atomic mass is 9.82. The average molecular weight is 300 g/mol. The van der Waals surface area contributed by atoms with Crippen LogP contribution in [-0.2, 0) is 9.53 Å². The van der Waals surface area contributed by atoms with Crippen LogP contribution in [0, 0.1) is 5.92 Å². The van der Waals surface area contributed by atoms with Crippen LogP contribution in [0.4, 0.5) is 5.69 Å². The van der Waals surface area contributed by atoms with Crippen LogP contribution in [0.3, 0.4) is 0 Å². The molecule has 0 radical (unpaired) electrons. The van der Waals surface area contributed by atoms with Gasteiger partial charge in [0.05, 0.1) is 18.3 Å². The highest BCUT2D eigenvalue weighted by molar-refractivity contribution is 6.37. The van der Waals surface area contributed by atoms with Crippen molar-refractivity contribution >= 4 is 17.4 Å². The molecule has 1 aromatic rings. The number of carbonyl (C=O) groups is 1. The van der Waals surface area contributed by atoms with Crippen molar-refractivity contribution in [3.63, 3.8) is 0 Å². The first kappa shape index (κ1) is 15.1. The van der Waals surface area contributed by atoms with E-state index in [1.165, 1.54) is 32.1 Å². The van der Waals surface area contributed by atoms with Gasteiger partial charge in [0.1, 0.15) is 5.71 Å². The molecule has 22 heavy (non-hydrogen) atoms. The summed E-state index contributed by atoms with van der Waals surface area (Å²) in [6, 6.07) is 10.5. The Labute approximate surface area is 132 Å². The van der Waals surface area contributed by atoms with E-state index >= 15 is 0 Å². The summed E-state index contributed by atoms with van der Waals surface area (Å²) < 4.78 is 5.15. The lowest BCUT2D eigenvalue weighted by molar-refractivity contribution is -0.135. The fourth-order valence-electron chi connectivity index (χ4n) is 3.58. The predicted octanol–water partition coefficient (Wildman–Crippen LogP) is 3.76. The molecule has 1 heterocycles. The Kier molecular flexibility index (Phi) is 4.76. The van der Waals surface area contributed by atoms with Gasteiger partial charge in [-0.25, -0.2) is 4.79 Å². The molecular formula is C18H24N2O2. The molecule has 1 fully saturated rings. The second kappa shape index (κ2) is 6.95. The molecule has 0 amide bonds. The summed E-state index contributed by atoms with van der Waals surface area (Å²) >= 11 is 0. The normalized spacial score (nSPS) is 22.5. The number of para-hydroxylation sites is 1. The predicted molar refractivity (Wildman–Crippen MR) is 88.0 cm³/mol. The third-order valence-corrected chi connectivity index (χ3v) is 4.67. The molecule has 0 N–H and O–H groups in total. The third kappa shape index (κ3) is 3.16. The second-order valence-corrected chi connectivity index (χ2v) is 6.12. The van der Waals surface area contributed by atoms with E-state index in [4.69, 9.17) is 4.74 Å². The summed E-state index contributed by atoms with van der Waals surface area (Å²) in [6.07, 6.45) is 7.09. The van der Waals surface area contributed by atoms with E-state index in [0.717, 1.165) is 5.69 Å². The maximum atomic E-state index is 12.1. The number of ether oxygens (including phenoxy) is 1. The topological polar surface area (TPSA) is 41.9 Å². The fourth-order valence-corrected chi connectivity index (χ4v) is 3.58. The van der Waals surface area contributed by atoms with Crippen LogP contribution < -0.4 is 5.01 Å². The number of hydrogen-bond donors (Lipinski definition) is 0. The molecule has 4 heteroatoms. The number of hydrogen-bond acceptors (Lipinski definition) is 4. The van der Waals surface area contributed by atoms with Crippen molar-refractivity contribution < 1.29 is 9.53 Å². The summed E-state index contributed by atoms with van der Waals surface area (Å²) in [5.41, 5.74) is 1.64. The van der Waals surface area contributed by atoms with Gasteiger partial charge in [-0.05, 0) is 37.8 Å². The first-order valence-corrected chi connectivity index (χ1v) is 8.38. The Morgan fingerprint density at radius 2 is 1.95 bits per heavy atom. The van der Waals surface area contributed by atoms with Gasteiger partial charge in [0.25, 0.3) is 0 Å². The average Bonchev–Trinajstić information content (AvgIpc) is 3.02. The van der Waals surface area contributed by atoms with Crippen LogP contribution >= 0.6 is 0 Å².